The van der Waals surface area contributed by atoms with E-state index in [4.69, 9.17) is 37.8 Å². The van der Waals surface area contributed by atoms with Crippen molar-refractivity contribution in [3.05, 3.63) is 0 Å². The molecule has 1 heterocycles. The Morgan fingerprint density at radius 2 is 2.00 bits per heavy atom. The van der Waals surface area contributed by atoms with Gasteiger partial charge >= 0.3 is 48.6 Å². The quantitative estimate of drug-likeness (QED) is 0.744. The Morgan fingerprint density at radius 3 is 2.17 bits per heavy atom. The molecule has 1 saturated heterocycles. The van der Waals surface area contributed by atoms with Crippen molar-refractivity contribution in [1.82, 2.24) is 0 Å². The molecule has 1 unspecified atom stereocenters. The van der Waals surface area contributed by atoms with Gasteiger partial charge in [-0.05, 0) is 12.8 Å². The molecular formula is C5H8Cl3O3Ti. The van der Waals surface area contributed by atoms with Crippen molar-refractivity contribution in [2.75, 3.05) is 6.61 Å². The van der Waals surface area contributed by atoms with Gasteiger partial charge in [0.25, 0.3) is 0 Å². The predicted octanol–water partition coefficient (Wildman–Crippen LogP) is 2.32. The van der Waals surface area contributed by atoms with Crippen LogP contribution in [0, 0.1) is 0 Å². The maximum absolute atomic E-state index is 10.1. The fraction of sp³-hybridized carbons (Fsp3) is 0.800. The molecular weight excluding hydrogens is 262 g/mol. The Balaban J connectivity index is 0.000000261. The molecule has 0 spiro atoms. The van der Waals surface area contributed by atoms with Crippen molar-refractivity contribution >= 4 is 33.9 Å². The second-order valence-electron chi connectivity index (χ2n) is 2.05. The summed E-state index contributed by atoms with van der Waals surface area (Å²) in [6.45, 7) is 0.608. The van der Waals surface area contributed by atoms with E-state index in [2.05, 4.69) is 0 Å². The molecule has 0 aromatic rings. The van der Waals surface area contributed by atoms with Crippen LogP contribution < -0.4 is 0 Å². The van der Waals surface area contributed by atoms with E-state index in [1.165, 1.54) is 0 Å². The number of carbonyl (C=O) groups is 1. The summed E-state index contributed by atoms with van der Waals surface area (Å²) >= 11 is -1.92. The first-order valence-electron chi connectivity index (χ1n) is 3.22. The van der Waals surface area contributed by atoms with Gasteiger partial charge < -0.3 is 9.84 Å². The van der Waals surface area contributed by atoms with Crippen molar-refractivity contribution in [2.45, 2.75) is 18.9 Å². The van der Waals surface area contributed by atoms with Gasteiger partial charge in [0, 0.05) is 6.61 Å². The summed E-state index contributed by atoms with van der Waals surface area (Å²) in [7, 11) is 14.9. The Kier molecular flexibility index (Phi) is 8.05. The summed E-state index contributed by atoms with van der Waals surface area (Å²) in [5.41, 5.74) is 0. The van der Waals surface area contributed by atoms with Crippen LogP contribution in [0.3, 0.4) is 0 Å². The number of aliphatic carboxylic acids is 1. The van der Waals surface area contributed by atoms with Gasteiger partial charge in [-0.25, -0.2) is 4.79 Å². The van der Waals surface area contributed by atoms with Crippen LogP contribution in [0.15, 0.2) is 0 Å². The van der Waals surface area contributed by atoms with E-state index in [-0.39, 0.29) is 0 Å². The van der Waals surface area contributed by atoms with Gasteiger partial charge in [-0.15, -0.1) is 0 Å². The van der Waals surface area contributed by atoms with Gasteiger partial charge in [-0.2, -0.15) is 0 Å². The normalized spacial score (nSPS) is 21.1. The van der Waals surface area contributed by atoms with Gasteiger partial charge in [0.05, 0.1) is 0 Å². The van der Waals surface area contributed by atoms with Crippen molar-refractivity contribution in [3.63, 3.8) is 0 Å². The molecule has 1 fully saturated rings. The number of ether oxygens (including phenoxy) is 1. The van der Waals surface area contributed by atoms with Crippen molar-refractivity contribution in [1.29, 1.82) is 0 Å². The third-order valence-electron chi connectivity index (χ3n) is 1.21. The SMILES string of the molecule is O=C(O)C1CCCO1.[Cl][Ti]([Cl])[Cl]. The Bertz CT molecular complexity index is 135. The van der Waals surface area contributed by atoms with E-state index in [1.807, 2.05) is 0 Å². The van der Waals surface area contributed by atoms with Gasteiger partial charge in [-0.3, -0.25) is 0 Å². The average Bonchev–Trinajstić information content (AvgIpc) is 2.34. The van der Waals surface area contributed by atoms with Crippen LogP contribution in [0.1, 0.15) is 12.8 Å². The molecule has 0 bridgehead atoms. The molecule has 0 radical (unpaired) electrons. The summed E-state index contributed by atoms with van der Waals surface area (Å²) < 4.78 is 4.81. The third kappa shape index (κ3) is 7.65. The number of carboxylic acids is 1. The van der Waals surface area contributed by atoms with Crippen LogP contribution in [0.25, 0.3) is 0 Å². The van der Waals surface area contributed by atoms with Gasteiger partial charge in [0.2, 0.25) is 0 Å². The zero-order chi connectivity index (χ0) is 9.56. The molecule has 1 aliphatic rings. The first-order chi connectivity index (χ1) is 5.54. The number of carboxylic acid groups (broad SMARTS) is 1. The van der Waals surface area contributed by atoms with E-state index in [0.717, 1.165) is 6.42 Å². The molecule has 1 aliphatic heterocycles. The van der Waals surface area contributed by atoms with Crippen molar-refractivity contribution < 1.29 is 29.3 Å². The second kappa shape index (κ2) is 7.42. The topological polar surface area (TPSA) is 46.5 Å². The minimum absolute atomic E-state index is 0.519. The summed E-state index contributed by atoms with van der Waals surface area (Å²) in [6.07, 6.45) is 1.04. The van der Waals surface area contributed by atoms with Gasteiger partial charge in [0.1, 0.15) is 0 Å². The standard InChI is InChI=1S/C5H8O3.3ClH.Ti/c6-5(7)4-2-1-3-8-4;;;;/h4H,1-3H2,(H,6,7);3*1H;/q;;;;+3/p-3. The van der Waals surface area contributed by atoms with Crippen LogP contribution in [0.2, 0.25) is 0 Å². The minimum atomic E-state index is -1.92. The third-order valence-corrected chi connectivity index (χ3v) is 1.21. The molecule has 0 aromatic carbocycles. The average molecular weight is 270 g/mol. The summed E-state index contributed by atoms with van der Waals surface area (Å²) in [6, 6.07) is 0. The van der Waals surface area contributed by atoms with E-state index in [1.54, 1.807) is 0 Å². The molecule has 0 saturated carbocycles. The Hall–Kier alpha value is 1.01. The molecule has 71 valence electrons. The van der Waals surface area contributed by atoms with Crippen molar-refractivity contribution in [3.8, 4) is 0 Å². The number of hydrogen-bond donors (Lipinski definition) is 1. The zero-order valence-corrected chi connectivity index (χ0v) is 9.93. The summed E-state index contributed by atoms with van der Waals surface area (Å²) in [5, 5.41) is 8.29. The Labute approximate surface area is 88.4 Å². The first-order valence-corrected chi connectivity index (χ1v) is 9.66. The molecule has 1 N–H and O–H groups in total. The van der Waals surface area contributed by atoms with Crippen LogP contribution in [-0.4, -0.2) is 23.8 Å². The number of rotatable bonds is 1. The van der Waals surface area contributed by atoms with E-state index < -0.39 is 26.8 Å². The molecule has 3 nitrogen and oxygen atoms in total. The van der Waals surface area contributed by atoms with Crippen LogP contribution in [-0.2, 0) is 24.2 Å². The molecule has 12 heavy (non-hydrogen) atoms. The summed E-state index contributed by atoms with van der Waals surface area (Å²) in [5.74, 6) is -0.831. The molecule has 0 aliphatic carbocycles. The molecule has 0 amide bonds. The van der Waals surface area contributed by atoms with Gasteiger partial charge in [-0.1, -0.05) is 0 Å². The summed E-state index contributed by atoms with van der Waals surface area (Å²) in [4.78, 5) is 10.1. The van der Waals surface area contributed by atoms with Crippen LogP contribution >= 0.6 is 27.9 Å². The zero-order valence-electron chi connectivity index (χ0n) is 6.10. The molecule has 0 aromatic heterocycles. The number of halogens is 3. The number of hydrogen-bond acceptors (Lipinski definition) is 2. The fourth-order valence-corrected chi connectivity index (χ4v) is 0.772. The fourth-order valence-electron chi connectivity index (χ4n) is 0.772. The molecule has 1 atom stereocenters. The monoisotopic (exact) mass is 269 g/mol. The predicted molar refractivity (Wildman–Crippen MR) is 44.2 cm³/mol. The Morgan fingerprint density at radius 1 is 1.50 bits per heavy atom. The van der Waals surface area contributed by atoms with E-state index in [0.29, 0.717) is 13.0 Å². The second-order valence-corrected chi connectivity index (χ2v) is 9.79. The van der Waals surface area contributed by atoms with Gasteiger partial charge in [0.15, 0.2) is 6.10 Å². The van der Waals surface area contributed by atoms with E-state index >= 15 is 0 Å². The van der Waals surface area contributed by atoms with Crippen LogP contribution in [0.4, 0.5) is 0 Å². The molecule has 7 heteroatoms. The van der Waals surface area contributed by atoms with Crippen LogP contribution in [0.5, 0.6) is 0 Å². The molecule has 1 rings (SSSR count). The van der Waals surface area contributed by atoms with Crippen molar-refractivity contribution in [2.24, 2.45) is 0 Å². The van der Waals surface area contributed by atoms with E-state index in [9.17, 15) is 4.79 Å². The first kappa shape index (κ1) is 13.0. The maximum atomic E-state index is 10.1.